The van der Waals surface area contributed by atoms with Crippen LogP contribution >= 0.6 is 0 Å². The summed E-state index contributed by atoms with van der Waals surface area (Å²) in [6.07, 6.45) is 5.46. The standard InChI is InChI=1S/C35H39FN2O4S/c1-4-42-35(39)33(17-24(2)3)31-19-29(26-12-10-25(21-36)11-13-26)18-30(20-31)28-8-6-16-38(23-28)43(40,41)34-9-5-7-27-22-37-15-14-32(27)34/h5,7,9-15,18-20,22,24,28,33H,4,6,8,16-17,21,23H2,1-3H3. The zero-order valence-electron chi connectivity index (χ0n) is 25.0. The predicted molar refractivity (Wildman–Crippen MR) is 168 cm³/mol. The zero-order chi connectivity index (χ0) is 30.6. The fourth-order valence-electron chi connectivity index (χ4n) is 6.04. The van der Waals surface area contributed by atoms with Crippen molar-refractivity contribution in [2.45, 2.75) is 63.4 Å². The first-order valence-electron chi connectivity index (χ1n) is 15.0. The number of sulfonamides is 1. The number of esters is 1. The van der Waals surface area contributed by atoms with Crippen molar-refractivity contribution < 1.29 is 22.3 Å². The monoisotopic (exact) mass is 602 g/mol. The minimum absolute atomic E-state index is 0.0640. The molecule has 1 aliphatic heterocycles. The summed E-state index contributed by atoms with van der Waals surface area (Å²) in [7, 11) is -3.77. The average Bonchev–Trinajstić information content (AvgIpc) is 3.03. The van der Waals surface area contributed by atoms with Gasteiger partial charge >= 0.3 is 5.97 Å². The van der Waals surface area contributed by atoms with Gasteiger partial charge in [0, 0.05) is 36.3 Å². The molecular formula is C35H39FN2O4S. The van der Waals surface area contributed by atoms with Crippen LogP contribution in [0.1, 0.15) is 68.6 Å². The third-order valence-corrected chi connectivity index (χ3v) is 10.1. The highest BCUT2D eigenvalue weighted by Crippen LogP contribution is 2.37. The SMILES string of the molecule is CCOC(=O)C(CC(C)C)c1cc(-c2ccc(CF)cc2)cc(C2CCCN(S(=O)(=O)c3cccc4cnccc34)C2)c1. The Balaban J connectivity index is 1.55. The van der Waals surface area contributed by atoms with Gasteiger partial charge in [0.05, 0.1) is 17.4 Å². The summed E-state index contributed by atoms with van der Waals surface area (Å²) in [5.74, 6) is -0.510. The van der Waals surface area contributed by atoms with E-state index in [0.29, 0.717) is 43.5 Å². The number of carbonyl (C=O) groups is 1. The molecule has 1 fully saturated rings. The lowest BCUT2D eigenvalue weighted by molar-refractivity contribution is -0.145. The molecule has 1 saturated heterocycles. The Bertz CT molecular complexity index is 1680. The van der Waals surface area contributed by atoms with E-state index in [4.69, 9.17) is 4.74 Å². The van der Waals surface area contributed by atoms with E-state index in [1.165, 1.54) is 0 Å². The lowest BCUT2D eigenvalue weighted by atomic mass is 9.83. The number of carbonyl (C=O) groups excluding carboxylic acids is 1. The maximum atomic E-state index is 14.0. The van der Waals surface area contributed by atoms with Gasteiger partial charge < -0.3 is 4.74 Å². The maximum absolute atomic E-state index is 14.0. The molecule has 2 heterocycles. The number of hydrogen-bond donors (Lipinski definition) is 0. The lowest BCUT2D eigenvalue weighted by Gasteiger charge is -2.33. The number of nitrogens with zero attached hydrogens (tertiary/aromatic N) is 2. The molecular weight excluding hydrogens is 563 g/mol. The third-order valence-electron chi connectivity index (χ3n) is 8.21. The second kappa shape index (κ2) is 13.3. The number of piperidine rings is 1. The van der Waals surface area contributed by atoms with Gasteiger partial charge in [-0.1, -0.05) is 68.4 Å². The highest BCUT2D eigenvalue weighted by Gasteiger charge is 2.33. The van der Waals surface area contributed by atoms with E-state index < -0.39 is 22.6 Å². The summed E-state index contributed by atoms with van der Waals surface area (Å²) in [5.41, 5.74) is 4.27. The van der Waals surface area contributed by atoms with Crippen molar-refractivity contribution in [3.05, 3.63) is 95.8 Å². The Labute approximate surface area is 254 Å². The van der Waals surface area contributed by atoms with Crippen molar-refractivity contribution >= 4 is 26.8 Å². The van der Waals surface area contributed by atoms with Crippen LogP contribution in [0.15, 0.2) is 84.0 Å². The van der Waals surface area contributed by atoms with Gasteiger partial charge in [0.15, 0.2) is 0 Å². The normalized spacial score (nSPS) is 16.8. The van der Waals surface area contributed by atoms with Crippen molar-refractivity contribution in [3.63, 3.8) is 0 Å². The van der Waals surface area contributed by atoms with E-state index in [9.17, 15) is 17.6 Å². The molecule has 1 aliphatic rings. The zero-order valence-corrected chi connectivity index (χ0v) is 25.8. The molecule has 0 spiro atoms. The first-order chi connectivity index (χ1) is 20.7. The van der Waals surface area contributed by atoms with Crippen molar-refractivity contribution in [1.29, 1.82) is 0 Å². The van der Waals surface area contributed by atoms with E-state index in [1.807, 2.05) is 31.2 Å². The summed E-state index contributed by atoms with van der Waals surface area (Å²) in [6, 6.07) is 20.6. The van der Waals surface area contributed by atoms with Crippen LogP contribution in [-0.4, -0.2) is 43.4 Å². The molecule has 2 atom stereocenters. The van der Waals surface area contributed by atoms with Gasteiger partial charge in [-0.2, -0.15) is 4.31 Å². The Hall–Kier alpha value is -3.62. The van der Waals surface area contributed by atoms with E-state index in [0.717, 1.165) is 34.1 Å². The highest BCUT2D eigenvalue weighted by molar-refractivity contribution is 7.89. The summed E-state index contributed by atoms with van der Waals surface area (Å²) >= 11 is 0. The van der Waals surface area contributed by atoms with Gasteiger partial charge in [-0.25, -0.2) is 12.8 Å². The molecule has 43 heavy (non-hydrogen) atoms. The first-order valence-corrected chi connectivity index (χ1v) is 16.4. The molecule has 0 bridgehead atoms. The number of rotatable bonds is 10. The number of fused-ring (bicyclic) bond motifs is 1. The Morgan fingerprint density at radius 2 is 1.86 bits per heavy atom. The largest absolute Gasteiger partial charge is 0.466 e. The maximum Gasteiger partial charge on any atom is 0.313 e. The molecule has 0 radical (unpaired) electrons. The number of hydrogen-bond acceptors (Lipinski definition) is 5. The third kappa shape index (κ3) is 6.81. The quantitative estimate of drug-likeness (QED) is 0.175. The predicted octanol–water partition coefficient (Wildman–Crippen LogP) is 7.63. The molecule has 4 aromatic rings. The summed E-state index contributed by atoms with van der Waals surface area (Å²) in [4.78, 5) is 17.6. The number of alkyl halides is 1. The van der Waals surface area contributed by atoms with Gasteiger partial charge in [0.1, 0.15) is 6.67 Å². The van der Waals surface area contributed by atoms with E-state index >= 15 is 0 Å². The average molecular weight is 603 g/mol. The number of benzene rings is 3. The van der Waals surface area contributed by atoms with E-state index in [2.05, 4.69) is 31.0 Å². The molecule has 0 amide bonds. The molecule has 0 N–H and O–H groups in total. The molecule has 3 aromatic carbocycles. The van der Waals surface area contributed by atoms with Crippen LogP contribution in [0.2, 0.25) is 0 Å². The fraction of sp³-hybridized carbons (Fsp3) is 0.371. The summed E-state index contributed by atoms with van der Waals surface area (Å²) < 4.78 is 48.3. The van der Waals surface area contributed by atoms with Gasteiger partial charge in [-0.05, 0) is 78.0 Å². The molecule has 8 heteroatoms. The van der Waals surface area contributed by atoms with Crippen LogP contribution in [0, 0.1) is 5.92 Å². The number of aromatic nitrogens is 1. The van der Waals surface area contributed by atoms with Crippen molar-refractivity contribution in [2.24, 2.45) is 5.92 Å². The Kier molecular flexibility index (Phi) is 9.57. The molecule has 2 unspecified atom stereocenters. The number of halogens is 1. The topological polar surface area (TPSA) is 76.6 Å². The second-order valence-corrected chi connectivity index (χ2v) is 13.6. The number of pyridine rings is 1. The summed E-state index contributed by atoms with van der Waals surface area (Å²) in [5, 5.41) is 1.44. The smallest absolute Gasteiger partial charge is 0.313 e. The molecule has 226 valence electrons. The number of ether oxygens (including phenoxy) is 1. The highest BCUT2D eigenvalue weighted by atomic mass is 32.2. The van der Waals surface area contributed by atoms with Gasteiger partial charge in [0.2, 0.25) is 10.0 Å². The van der Waals surface area contributed by atoms with Crippen molar-refractivity contribution in [2.75, 3.05) is 19.7 Å². The molecule has 1 aromatic heterocycles. The van der Waals surface area contributed by atoms with Crippen LogP contribution in [0.5, 0.6) is 0 Å². The van der Waals surface area contributed by atoms with Gasteiger partial charge in [-0.3, -0.25) is 9.78 Å². The first kappa shape index (κ1) is 30.8. The van der Waals surface area contributed by atoms with Crippen LogP contribution in [0.4, 0.5) is 4.39 Å². The summed E-state index contributed by atoms with van der Waals surface area (Å²) in [6.45, 7) is 6.51. The molecule has 0 aliphatic carbocycles. The van der Waals surface area contributed by atoms with E-state index in [1.54, 1.807) is 47.0 Å². The Morgan fingerprint density at radius 1 is 1.07 bits per heavy atom. The van der Waals surface area contributed by atoms with Crippen molar-refractivity contribution in [1.82, 2.24) is 9.29 Å². The molecule has 0 saturated carbocycles. The fourth-order valence-corrected chi connectivity index (χ4v) is 7.78. The molecule has 5 rings (SSSR count). The van der Waals surface area contributed by atoms with Crippen LogP contribution in [0.25, 0.3) is 21.9 Å². The minimum atomic E-state index is -3.77. The van der Waals surface area contributed by atoms with E-state index in [-0.39, 0.29) is 22.7 Å². The Morgan fingerprint density at radius 3 is 2.58 bits per heavy atom. The van der Waals surface area contributed by atoms with Crippen LogP contribution < -0.4 is 0 Å². The molecule has 6 nitrogen and oxygen atoms in total. The minimum Gasteiger partial charge on any atom is -0.466 e. The van der Waals surface area contributed by atoms with Gasteiger partial charge in [-0.15, -0.1) is 0 Å². The van der Waals surface area contributed by atoms with Crippen molar-refractivity contribution in [3.8, 4) is 11.1 Å². The van der Waals surface area contributed by atoms with Crippen LogP contribution in [0.3, 0.4) is 0 Å². The lowest BCUT2D eigenvalue weighted by Crippen LogP contribution is -2.39. The second-order valence-electron chi connectivity index (χ2n) is 11.7. The van der Waals surface area contributed by atoms with Crippen LogP contribution in [-0.2, 0) is 26.2 Å². The van der Waals surface area contributed by atoms with Gasteiger partial charge in [0.25, 0.3) is 0 Å².